The Morgan fingerprint density at radius 3 is 1.67 bits per heavy atom. The van der Waals surface area contributed by atoms with Crippen molar-refractivity contribution >= 4 is 43.4 Å². The van der Waals surface area contributed by atoms with Crippen molar-refractivity contribution in [2.75, 3.05) is 0 Å². The number of fused-ring (bicyclic) bond motifs is 4. The summed E-state index contributed by atoms with van der Waals surface area (Å²) in [4.78, 5) is 19.7. The normalized spacial score (nSPS) is 11.5. The van der Waals surface area contributed by atoms with E-state index in [0.29, 0.717) is 17.5 Å². The molecule has 0 radical (unpaired) electrons. The summed E-state index contributed by atoms with van der Waals surface area (Å²) in [5.74, 6) is 1.94. The van der Waals surface area contributed by atoms with E-state index in [2.05, 4.69) is 89.5 Å². The maximum Gasteiger partial charge on any atom is 0.164 e. The van der Waals surface area contributed by atoms with Crippen LogP contribution in [-0.4, -0.2) is 24.5 Å². The molecule has 0 unspecified atom stereocenters. The molecule has 0 atom stereocenters. The van der Waals surface area contributed by atoms with Crippen LogP contribution in [0.1, 0.15) is 0 Å². The molecule has 5 nitrogen and oxygen atoms in total. The van der Waals surface area contributed by atoms with Crippen molar-refractivity contribution in [3.63, 3.8) is 0 Å². The second kappa shape index (κ2) is 10.9. The molecule has 9 rings (SSSR count). The van der Waals surface area contributed by atoms with E-state index in [0.717, 1.165) is 49.5 Å². The van der Waals surface area contributed by atoms with Crippen molar-refractivity contribution in [2.45, 2.75) is 0 Å². The minimum atomic E-state index is 0.639. The van der Waals surface area contributed by atoms with Crippen molar-refractivity contribution < 1.29 is 0 Å². The molecule has 0 spiro atoms. The first kappa shape index (κ1) is 26.4. The quantitative estimate of drug-likeness (QED) is 0.195. The zero-order valence-corrected chi connectivity index (χ0v) is 25.4. The van der Waals surface area contributed by atoms with Gasteiger partial charge in [0, 0.05) is 38.7 Å². The molecule has 0 aliphatic heterocycles. The third-order valence-corrected chi connectivity index (χ3v) is 9.37. The van der Waals surface area contributed by atoms with Crippen LogP contribution >= 0.6 is 11.3 Å². The molecule has 3 heterocycles. The van der Waals surface area contributed by atoms with Crippen LogP contribution in [0.4, 0.5) is 0 Å². The summed E-state index contributed by atoms with van der Waals surface area (Å²) < 4.78 is 3.53. The molecule has 0 saturated heterocycles. The lowest BCUT2D eigenvalue weighted by Gasteiger charge is -2.11. The van der Waals surface area contributed by atoms with Gasteiger partial charge in [0.2, 0.25) is 0 Å². The topological polar surface area (TPSA) is 56.5 Å². The predicted molar refractivity (Wildman–Crippen MR) is 189 cm³/mol. The Bertz CT molecular complexity index is 2430. The summed E-state index contributed by atoms with van der Waals surface area (Å²) >= 11 is 1.74. The highest BCUT2D eigenvalue weighted by Gasteiger charge is 2.18. The minimum absolute atomic E-state index is 0.639. The lowest BCUT2D eigenvalue weighted by atomic mass is 10.1. The average molecular weight is 608 g/mol. The van der Waals surface area contributed by atoms with Crippen LogP contribution in [0.3, 0.4) is 0 Å². The molecule has 0 aliphatic carbocycles. The standard InChI is InChI=1S/C40H25N5S/c1-3-12-26(13-4-1)37-42-38(27-14-5-2-6-15-27)44-39(43-37)28-22-24-29(25-23-28)45-33-19-9-7-16-30(33)36-31(17-11-20-34(36)45)40-41-32-18-8-10-21-35(32)46-40/h1-25H. The first-order valence-corrected chi connectivity index (χ1v) is 16.0. The number of benzene rings is 6. The number of para-hydroxylation sites is 2. The van der Waals surface area contributed by atoms with E-state index in [1.165, 1.54) is 15.5 Å². The number of hydrogen-bond acceptors (Lipinski definition) is 5. The first-order valence-electron chi connectivity index (χ1n) is 15.2. The van der Waals surface area contributed by atoms with Crippen molar-refractivity contribution in [1.29, 1.82) is 0 Å². The molecule has 0 N–H and O–H groups in total. The first-order chi connectivity index (χ1) is 22.8. The fraction of sp³-hybridized carbons (Fsp3) is 0. The summed E-state index contributed by atoms with van der Waals surface area (Å²) in [5, 5.41) is 3.44. The molecule has 3 aromatic heterocycles. The number of thiazole rings is 1. The Labute approximate surface area is 269 Å². The van der Waals surface area contributed by atoms with Gasteiger partial charge in [-0.3, -0.25) is 0 Å². The summed E-state index contributed by atoms with van der Waals surface area (Å²) in [5.41, 5.74) is 8.37. The number of hydrogen-bond donors (Lipinski definition) is 0. The third-order valence-electron chi connectivity index (χ3n) is 8.31. The van der Waals surface area contributed by atoms with Gasteiger partial charge in [-0.05, 0) is 48.5 Å². The second-order valence-corrected chi connectivity index (χ2v) is 12.2. The molecule has 0 saturated carbocycles. The average Bonchev–Trinajstić information content (AvgIpc) is 3.72. The van der Waals surface area contributed by atoms with Gasteiger partial charge in [0.05, 0.1) is 21.3 Å². The molecule has 9 aromatic rings. The summed E-state index contributed by atoms with van der Waals surface area (Å²) in [6.45, 7) is 0. The fourth-order valence-electron chi connectivity index (χ4n) is 6.16. The van der Waals surface area contributed by atoms with Gasteiger partial charge in [0.15, 0.2) is 17.5 Å². The van der Waals surface area contributed by atoms with E-state index in [1.807, 2.05) is 66.7 Å². The predicted octanol–water partition coefficient (Wildman–Crippen LogP) is 10.2. The largest absolute Gasteiger partial charge is 0.309 e. The Balaban J connectivity index is 1.19. The van der Waals surface area contributed by atoms with Crippen LogP contribution in [-0.2, 0) is 0 Å². The molecule has 6 aromatic carbocycles. The molecule has 0 bridgehead atoms. The zero-order chi connectivity index (χ0) is 30.5. The SMILES string of the molecule is c1ccc(-c2nc(-c3ccccc3)nc(-c3ccc(-n4c5ccccc5c5c(-c6nc7ccccc7s6)cccc54)cc3)n2)cc1. The molecule has 216 valence electrons. The maximum absolute atomic E-state index is 5.02. The third kappa shape index (κ3) is 4.47. The zero-order valence-electron chi connectivity index (χ0n) is 24.6. The number of nitrogens with zero attached hydrogens (tertiary/aromatic N) is 5. The molecule has 0 fully saturated rings. The molecular formula is C40H25N5S. The van der Waals surface area contributed by atoms with Crippen molar-refractivity contribution in [1.82, 2.24) is 24.5 Å². The molecule has 46 heavy (non-hydrogen) atoms. The van der Waals surface area contributed by atoms with Gasteiger partial charge in [-0.2, -0.15) is 0 Å². The van der Waals surface area contributed by atoms with Gasteiger partial charge in [0.25, 0.3) is 0 Å². The van der Waals surface area contributed by atoms with Gasteiger partial charge in [0.1, 0.15) is 5.01 Å². The summed E-state index contributed by atoms with van der Waals surface area (Å²) in [6, 6.07) is 52.1. The maximum atomic E-state index is 5.02. The van der Waals surface area contributed by atoms with Crippen LogP contribution in [0.2, 0.25) is 0 Å². The highest BCUT2D eigenvalue weighted by molar-refractivity contribution is 7.21. The van der Waals surface area contributed by atoms with Gasteiger partial charge in [-0.1, -0.05) is 103 Å². The lowest BCUT2D eigenvalue weighted by Crippen LogP contribution is -2.00. The summed E-state index contributed by atoms with van der Waals surface area (Å²) in [7, 11) is 0. The molecule has 6 heteroatoms. The Morgan fingerprint density at radius 2 is 1.00 bits per heavy atom. The Kier molecular flexibility index (Phi) is 6.25. The fourth-order valence-corrected chi connectivity index (χ4v) is 7.16. The van der Waals surface area contributed by atoms with Crippen molar-refractivity contribution in [2.24, 2.45) is 0 Å². The van der Waals surface area contributed by atoms with Gasteiger partial charge >= 0.3 is 0 Å². The van der Waals surface area contributed by atoms with Crippen LogP contribution in [0, 0.1) is 0 Å². The minimum Gasteiger partial charge on any atom is -0.309 e. The summed E-state index contributed by atoms with van der Waals surface area (Å²) in [6.07, 6.45) is 0. The highest BCUT2D eigenvalue weighted by atomic mass is 32.1. The van der Waals surface area contributed by atoms with E-state index in [4.69, 9.17) is 19.9 Å². The number of aromatic nitrogens is 5. The van der Waals surface area contributed by atoms with Crippen LogP contribution in [0.25, 0.3) is 82.4 Å². The second-order valence-electron chi connectivity index (χ2n) is 11.1. The Hall–Kier alpha value is -5.98. The highest BCUT2D eigenvalue weighted by Crippen LogP contribution is 2.41. The molecular weight excluding hydrogens is 583 g/mol. The van der Waals surface area contributed by atoms with E-state index in [-0.39, 0.29) is 0 Å². The van der Waals surface area contributed by atoms with E-state index in [1.54, 1.807) is 11.3 Å². The number of rotatable bonds is 5. The van der Waals surface area contributed by atoms with E-state index >= 15 is 0 Å². The van der Waals surface area contributed by atoms with Crippen LogP contribution in [0.5, 0.6) is 0 Å². The Morgan fingerprint density at radius 1 is 0.435 bits per heavy atom. The van der Waals surface area contributed by atoms with Gasteiger partial charge in [-0.15, -0.1) is 11.3 Å². The van der Waals surface area contributed by atoms with E-state index < -0.39 is 0 Å². The molecule has 0 aliphatic rings. The molecule has 0 amide bonds. The van der Waals surface area contributed by atoms with Gasteiger partial charge in [-0.25, -0.2) is 19.9 Å². The van der Waals surface area contributed by atoms with Crippen LogP contribution in [0.15, 0.2) is 152 Å². The lowest BCUT2D eigenvalue weighted by molar-refractivity contribution is 1.07. The smallest absolute Gasteiger partial charge is 0.164 e. The monoisotopic (exact) mass is 607 g/mol. The van der Waals surface area contributed by atoms with Crippen molar-refractivity contribution in [3.05, 3.63) is 152 Å². The van der Waals surface area contributed by atoms with Crippen LogP contribution < -0.4 is 0 Å². The van der Waals surface area contributed by atoms with E-state index in [9.17, 15) is 0 Å². The van der Waals surface area contributed by atoms with Gasteiger partial charge < -0.3 is 4.57 Å². The van der Waals surface area contributed by atoms with Crippen molar-refractivity contribution in [3.8, 4) is 50.4 Å².